The van der Waals surface area contributed by atoms with Crippen molar-refractivity contribution in [3.05, 3.63) is 22.7 Å². The van der Waals surface area contributed by atoms with Crippen molar-refractivity contribution in [1.29, 1.82) is 0 Å². The largest absolute Gasteiger partial charge is 0.466 e. The first-order valence-corrected chi connectivity index (χ1v) is 5.97. The van der Waals surface area contributed by atoms with Crippen LogP contribution in [0.3, 0.4) is 0 Å². The molecule has 3 nitrogen and oxygen atoms in total. The lowest BCUT2D eigenvalue weighted by molar-refractivity contribution is 0.0501. The molecule has 0 unspecified atom stereocenters. The summed E-state index contributed by atoms with van der Waals surface area (Å²) in [6.45, 7) is 9.62. The number of nitrogens with zero attached hydrogens (tertiary/aromatic N) is 1. The van der Waals surface area contributed by atoms with Gasteiger partial charge in [-0.3, -0.25) is 0 Å². The molecule has 1 rings (SSSR count). The van der Waals surface area contributed by atoms with Gasteiger partial charge in [-0.25, -0.2) is 9.37 Å². The molecular weight excluding hydrogens is 245 g/mol. The summed E-state index contributed by atoms with van der Waals surface area (Å²) >= 11 is 5.45. The van der Waals surface area contributed by atoms with E-state index in [0.29, 0.717) is 11.3 Å². The van der Waals surface area contributed by atoms with Crippen LogP contribution in [0.25, 0.3) is 0 Å². The number of pyridine rings is 1. The molecule has 0 saturated carbocycles. The third-order valence-corrected chi connectivity index (χ3v) is 1.77. The van der Waals surface area contributed by atoms with Crippen molar-refractivity contribution >= 4 is 11.6 Å². The number of hydrogen-bond acceptors (Lipinski definition) is 3. The summed E-state index contributed by atoms with van der Waals surface area (Å²) in [5, 5.41) is -0.151. The van der Waals surface area contributed by atoms with Gasteiger partial charge in [0.2, 0.25) is 0 Å². The minimum atomic E-state index is -0.560. The van der Waals surface area contributed by atoms with Crippen molar-refractivity contribution in [3.63, 3.8) is 0 Å². The van der Waals surface area contributed by atoms with Crippen LogP contribution < -0.4 is 4.74 Å². The average molecular weight is 266 g/mol. The Kier molecular flexibility index (Phi) is 12.6. The van der Waals surface area contributed by atoms with Crippen LogP contribution in [-0.2, 0) is 4.74 Å². The van der Waals surface area contributed by atoms with Gasteiger partial charge in [0.1, 0.15) is 5.75 Å². The van der Waals surface area contributed by atoms with E-state index < -0.39 is 5.82 Å². The van der Waals surface area contributed by atoms with Gasteiger partial charge < -0.3 is 9.47 Å². The van der Waals surface area contributed by atoms with E-state index in [1.54, 1.807) is 6.92 Å². The van der Waals surface area contributed by atoms with E-state index in [4.69, 9.17) is 16.3 Å². The zero-order valence-electron chi connectivity index (χ0n) is 11.3. The Morgan fingerprint density at radius 1 is 1.29 bits per heavy atom. The van der Waals surface area contributed by atoms with E-state index in [9.17, 15) is 4.39 Å². The minimum Gasteiger partial charge on any atom is -0.466 e. The fourth-order valence-corrected chi connectivity index (χ4v) is 0.990. The predicted molar refractivity (Wildman–Crippen MR) is 69.1 cm³/mol. The Morgan fingerprint density at radius 3 is 2.29 bits per heavy atom. The van der Waals surface area contributed by atoms with Gasteiger partial charge in [-0.05, 0) is 6.92 Å². The fraction of sp³-hybridized carbons (Fsp3) is 0.583. The summed E-state index contributed by atoms with van der Waals surface area (Å²) in [5.41, 5.74) is 0.331. The van der Waals surface area contributed by atoms with Gasteiger partial charge in [0.05, 0.1) is 6.20 Å². The Labute approximate surface area is 108 Å². The molecule has 0 radical (unpaired) electrons. The Morgan fingerprint density at radius 2 is 1.82 bits per heavy atom. The zero-order chi connectivity index (χ0) is 13.8. The molecule has 17 heavy (non-hydrogen) atoms. The van der Waals surface area contributed by atoms with Gasteiger partial charge in [0, 0.05) is 12.7 Å². The SMILES string of the molecule is CC.CC.COCOc1cnc(Cl)c(F)c1C. The summed E-state index contributed by atoms with van der Waals surface area (Å²) in [7, 11) is 1.48. The molecular formula is C12H21ClFNO2. The van der Waals surface area contributed by atoms with Crippen molar-refractivity contribution in [2.75, 3.05) is 13.9 Å². The molecule has 5 heteroatoms. The van der Waals surface area contributed by atoms with Crippen molar-refractivity contribution in [2.45, 2.75) is 34.6 Å². The van der Waals surface area contributed by atoms with Crippen LogP contribution >= 0.6 is 11.6 Å². The maximum Gasteiger partial charge on any atom is 0.188 e. The predicted octanol–water partition coefficient (Wildman–Crippen LogP) is 4.22. The molecule has 0 aliphatic carbocycles. The molecule has 0 atom stereocenters. The van der Waals surface area contributed by atoms with Gasteiger partial charge in [-0.1, -0.05) is 39.3 Å². The fourth-order valence-electron chi connectivity index (χ4n) is 0.800. The summed E-state index contributed by atoms with van der Waals surface area (Å²) in [4.78, 5) is 3.60. The molecule has 0 aliphatic heterocycles. The summed E-state index contributed by atoms with van der Waals surface area (Å²) in [6, 6.07) is 0. The highest BCUT2D eigenvalue weighted by atomic mass is 35.5. The van der Waals surface area contributed by atoms with Gasteiger partial charge in [0.25, 0.3) is 0 Å². The van der Waals surface area contributed by atoms with Crippen LogP contribution in [0.4, 0.5) is 4.39 Å². The summed E-state index contributed by atoms with van der Waals surface area (Å²) < 4.78 is 22.8. The van der Waals surface area contributed by atoms with Crippen LogP contribution in [0.15, 0.2) is 6.20 Å². The summed E-state index contributed by atoms with van der Waals surface area (Å²) in [5.74, 6) is -0.223. The lowest BCUT2D eigenvalue weighted by Crippen LogP contribution is -2.02. The first kappa shape index (κ1) is 18.5. The van der Waals surface area contributed by atoms with E-state index in [0.717, 1.165) is 0 Å². The van der Waals surface area contributed by atoms with Gasteiger partial charge in [0.15, 0.2) is 17.8 Å². The zero-order valence-corrected chi connectivity index (χ0v) is 12.1. The Balaban J connectivity index is 0. The monoisotopic (exact) mass is 265 g/mol. The van der Waals surface area contributed by atoms with E-state index >= 15 is 0 Å². The van der Waals surface area contributed by atoms with Crippen LogP contribution in [0, 0.1) is 12.7 Å². The lowest BCUT2D eigenvalue weighted by Gasteiger charge is -2.07. The lowest BCUT2D eigenvalue weighted by atomic mass is 10.3. The number of aromatic nitrogens is 1. The smallest absolute Gasteiger partial charge is 0.188 e. The number of halogens is 2. The molecule has 0 fully saturated rings. The molecule has 0 bridgehead atoms. The first-order valence-electron chi connectivity index (χ1n) is 5.59. The van der Waals surface area contributed by atoms with Gasteiger partial charge in [-0.15, -0.1) is 0 Å². The highest BCUT2D eigenvalue weighted by Crippen LogP contribution is 2.23. The quantitative estimate of drug-likeness (QED) is 0.606. The van der Waals surface area contributed by atoms with Crippen molar-refractivity contribution in [3.8, 4) is 5.75 Å². The van der Waals surface area contributed by atoms with Crippen molar-refractivity contribution in [2.24, 2.45) is 0 Å². The van der Waals surface area contributed by atoms with Crippen LogP contribution in [0.1, 0.15) is 33.3 Å². The van der Waals surface area contributed by atoms with Crippen molar-refractivity contribution in [1.82, 2.24) is 4.98 Å². The highest BCUT2D eigenvalue weighted by molar-refractivity contribution is 6.29. The third kappa shape index (κ3) is 6.44. The van der Waals surface area contributed by atoms with Crippen LogP contribution in [-0.4, -0.2) is 18.9 Å². The first-order chi connectivity index (χ1) is 8.16. The number of rotatable bonds is 3. The Bertz CT molecular complexity index is 309. The molecule has 1 aromatic rings. The van der Waals surface area contributed by atoms with Crippen molar-refractivity contribution < 1.29 is 13.9 Å². The maximum absolute atomic E-state index is 13.1. The van der Waals surface area contributed by atoms with Gasteiger partial charge >= 0.3 is 0 Å². The normalized spacial score (nSPS) is 8.47. The number of ether oxygens (including phenoxy) is 2. The molecule has 0 amide bonds. The van der Waals surface area contributed by atoms with Crippen LogP contribution in [0.5, 0.6) is 5.75 Å². The number of hydrogen-bond donors (Lipinski definition) is 0. The standard InChI is InChI=1S/C8H9ClFNO2.2C2H6/c1-5-6(13-4-12-2)3-11-8(9)7(5)10;2*1-2/h3H,4H2,1-2H3;2*1-2H3. The second-order valence-corrected chi connectivity index (χ2v) is 2.76. The van der Waals surface area contributed by atoms with E-state index in [2.05, 4.69) is 9.72 Å². The highest BCUT2D eigenvalue weighted by Gasteiger charge is 2.09. The Hall–Kier alpha value is -0.870. The minimum absolute atomic E-state index is 0.0591. The molecule has 0 aliphatic rings. The average Bonchev–Trinajstić information content (AvgIpc) is 2.40. The molecule has 0 spiro atoms. The molecule has 1 heterocycles. The van der Waals surface area contributed by atoms with E-state index in [1.165, 1.54) is 13.3 Å². The second-order valence-electron chi connectivity index (χ2n) is 2.40. The third-order valence-electron chi connectivity index (χ3n) is 1.51. The maximum atomic E-state index is 13.1. The molecule has 1 aromatic heterocycles. The van der Waals surface area contributed by atoms with Gasteiger partial charge in [-0.2, -0.15) is 0 Å². The second kappa shape index (κ2) is 11.6. The topological polar surface area (TPSA) is 31.4 Å². The number of methoxy groups -OCH3 is 1. The summed E-state index contributed by atoms with van der Waals surface area (Å²) in [6.07, 6.45) is 1.36. The van der Waals surface area contributed by atoms with Crippen LogP contribution in [0.2, 0.25) is 5.15 Å². The van der Waals surface area contributed by atoms with E-state index in [1.807, 2.05) is 27.7 Å². The molecule has 0 saturated heterocycles. The molecule has 0 N–H and O–H groups in total. The van der Waals surface area contributed by atoms with E-state index in [-0.39, 0.29) is 11.9 Å². The molecule has 100 valence electrons. The molecule has 0 aromatic carbocycles.